The number of nitrogen functional groups attached to an aromatic ring is 1. The highest BCUT2D eigenvalue weighted by Gasteiger charge is 2.03. The van der Waals surface area contributed by atoms with Gasteiger partial charge in [0, 0.05) is 0 Å². The van der Waals surface area contributed by atoms with E-state index in [1.807, 2.05) is 0 Å². The summed E-state index contributed by atoms with van der Waals surface area (Å²) in [5.74, 6) is 0.314. The maximum absolute atomic E-state index is 8.36. The van der Waals surface area contributed by atoms with Crippen LogP contribution in [0.2, 0.25) is 10.3 Å². The topological polar surface area (TPSA) is 89.1 Å². The Morgan fingerprint density at radius 1 is 1.38 bits per heavy atom. The van der Waals surface area contributed by atoms with Crippen LogP contribution < -0.4 is 5.73 Å². The van der Waals surface area contributed by atoms with E-state index in [-0.39, 0.29) is 16.8 Å². The minimum Gasteiger partial charge on any atom is -0.483 e. The second-order valence-corrected chi connectivity index (χ2v) is 2.60. The molecule has 0 bridgehead atoms. The van der Waals surface area contributed by atoms with Gasteiger partial charge in [0.05, 0.1) is 5.69 Å². The molecule has 5 nitrogen and oxygen atoms in total. The number of carbonyl (C=O) groups is 1. The smallest absolute Gasteiger partial charge is 0.290 e. The van der Waals surface area contributed by atoms with E-state index in [9.17, 15) is 0 Å². The number of aromatic nitrogens is 2. The van der Waals surface area contributed by atoms with Gasteiger partial charge < -0.3 is 10.8 Å². The molecule has 1 aromatic rings. The quantitative estimate of drug-likeness (QED) is 0.649. The molecule has 13 heavy (non-hydrogen) atoms. The van der Waals surface area contributed by atoms with Crippen LogP contribution in [0.4, 0.5) is 5.82 Å². The van der Waals surface area contributed by atoms with Gasteiger partial charge in [-0.2, -0.15) is 0 Å². The number of rotatable bonds is 0. The minimum absolute atomic E-state index is 0.143. The Morgan fingerprint density at radius 2 is 1.77 bits per heavy atom. The molecule has 7 heteroatoms. The largest absolute Gasteiger partial charge is 0.483 e. The van der Waals surface area contributed by atoms with Crippen molar-refractivity contribution < 1.29 is 9.90 Å². The molecule has 0 atom stereocenters. The number of halogens is 2. The summed E-state index contributed by atoms with van der Waals surface area (Å²) >= 11 is 11.0. The van der Waals surface area contributed by atoms with E-state index < -0.39 is 0 Å². The molecule has 0 saturated heterocycles. The summed E-state index contributed by atoms with van der Waals surface area (Å²) in [6, 6.07) is 0. The van der Waals surface area contributed by atoms with Gasteiger partial charge in [-0.15, -0.1) is 0 Å². The van der Waals surface area contributed by atoms with Crippen LogP contribution in [-0.4, -0.2) is 21.5 Å². The van der Waals surface area contributed by atoms with Crippen molar-refractivity contribution in [3.63, 3.8) is 0 Å². The zero-order valence-corrected chi connectivity index (χ0v) is 8.17. The first-order valence-electron chi connectivity index (χ1n) is 3.05. The van der Waals surface area contributed by atoms with Gasteiger partial charge in [0.25, 0.3) is 6.47 Å². The molecule has 1 heterocycles. The SMILES string of the molecule is Cc1nc(Cl)c(Cl)nc1N.O=CO. The van der Waals surface area contributed by atoms with Crippen molar-refractivity contribution in [1.29, 1.82) is 0 Å². The van der Waals surface area contributed by atoms with E-state index in [0.717, 1.165) is 0 Å². The summed E-state index contributed by atoms with van der Waals surface area (Å²) in [7, 11) is 0. The molecule has 1 aromatic heterocycles. The van der Waals surface area contributed by atoms with Crippen molar-refractivity contribution in [1.82, 2.24) is 9.97 Å². The zero-order chi connectivity index (χ0) is 10.4. The van der Waals surface area contributed by atoms with E-state index >= 15 is 0 Å². The average molecular weight is 224 g/mol. The van der Waals surface area contributed by atoms with Gasteiger partial charge in [-0.25, -0.2) is 9.97 Å². The Morgan fingerprint density at radius 3 is 2.15 bits per heavy atom. The molecule has 72 valence electrons. The van der Waals surface area contributed by atoms with Crippen molar-refractivity contribution in [2.24, 2.45) is 0 Å². The lowest BCUT2D eigenvalue weighted by molar-refractivity contribution is -0.122. The van der Waals surface area contributed by atoms with Crippen molar-refractivity contribution >= 4 is 35.5 Å². The lowest BCUT2D eigenvalue weighted by atomic mass is 10.5. The summed E-state index contributed by atoms with van der Waals surface area (Å²) < 4.78 is 0. The van der Waals surface area contributed by atoms with Gasteiger partial charge in [-0.05, 0) is 6.92 Å². The normalized spacial score (nSPS) is 8.54. The summed E-state index contributed by atoms with van der Waals surface area (Å²) in [5.41, 5.74) is 5.96. The van der Waals surface area contributed by atoms with Crippen LogP contribution in [0.25, 0.3) is 0 Å². The number of nitrogens with zero attached hydrogens (tertiary/aromatic N) is 2. The molecule has 0 saturated carbocycles. The lowest BCUT2D eigenvalue weighted by Crippen LogP contribution is -1.97. The van der Waals surface area contributed by atoms with Crippen molar-refractivity contribution in [2.45, 2.75) is 6.92 Å². The van der Waals surface area contributed by atoms with E-state index in [0.29, 0.717) is 11.5 Å². The maximum atomic E-state index is 8.36. The van der Waals surface area contributed by atoms with Crippen LogP contribution >= 0.6 is 23.2 Å². The third-order valence-electron chi connectivity index (χ3n) is 1.03. The molecule has 0 spiro atoms. The molecule has 0 fully saturated rings. The molecule has 0 amide bonds. The Balaban J connectivity index is 0.000000424. The molecule has 0 unspecified atom stereocenters. The van der Waals surface area contributed by atoms with Gasteiger partial charge in [0.15, 0.2) is 10.3 Å². The second kappa shape index (κ2) is 5.55. The molecule has 0 aliphatic rings. The van der Waals surface area contributed by atoms with E-state index in [1.165, 1.54) is 0 Å². The van der Waals surface area contributed by atoms with Crippen molar-refractivity contribution in [2.75, 3.05) is 5.73 Å². The first-order valence-corrected chi connectivity index (χ1v) is 3.81. The Labute approximate surface area is 84.5 Å². The van der Waals surface area contributed by atoms with Crippen LogP contribution in [0.3, 0.4) is 0 Å². The fourth-order valence-electron chi connectivity index (χ4n) is 0.483. The molecule has 0 aliphatic heterocycles. The standard InChI is InChI=1S/C5H5Cl2N3.CH2O2/c1-2-5(8)10-4(7)3(6)9-2;2-1-3/h1H3,(H2,8,10);1H,(H,2,3). The first-order chi connectivity index (χ1) is 6.02. The van der Waals surface area contributed by atoms with Gasteiger partial charge in [-0.1, -0.05) is 23.2 Å². The molecule has 0 radical (unpaired) electrons. The van der Waals surface area contributed by atoms with Gasteiger partial charge in [0.2, 0.25) is 0 Å². The summed E-state index contributed by atoms with van der Waals surface area (Å²) in [5, 5.41) is 7.22. The fourth-order valence-corrected chi connectivity index (χ4v) is 0.786. The molecule has 3 N–H and O–H groups in total. The van der Waals surface area contributed by atoms with Gasteiger partial charge >= 0.3 is 0 Å². The number of hydrogen-bond acceptors (Lipinski definition) is 4. The molecular formula is C6H7Cl2N3O2. The van der Waals surface area contributed by atoms with Crippen LogP contribution in [0, 0.1) is 6.92 Å². The number of anilines is 1. The molecular weight excluding hydrogens is 217 g/mol. The van der Waals surface area contributed by atoms with Gasteiger partial charge in [0.1, 0.15) is 5.82 Å². The zero-order valence-electron chi connectivity index (χ0n) is 6.66. The van der Waals surface area contributed by atoms with Crippen LogP contribution in [0.15, 0.2) is 0 Å². The third-order valence-corrected chi connectivity index (χ3v) is 1.65. The summed E-state index contributed by atoms with van der Waals surface area (Å²) in [4.78, 5) is 15.9. The van der Waals surface area contributed by atoms with Crippen LogP contribution in [-0.2, 0) is 4.79 Å². The maximum Gasteiger partial charge on any atom is 0.290 e. The van der Waals surface area contributed by atoms with E-state index in [1.54, 1.807) is 6.92 Å². The average Bonchev–Trinajstić information content (AvgIpc) is 2.03. The Kier molecular flexibility index (Phi) is 5.10. The molecule has 0 aliphatic carbocycles. The fraction of sp³-hybridized carbons (Fsp3) is 0.167. The predicted molar refractivity (Wildman–Crippen MR) is 49.9 cm³/mol. The Hall–Kier alpha value is -1.07. The van der Waals surface area contributed by atoms with E-state index in [4.69, 9.17) is 38.8 Å². The van der Waals surface area contributed by atoms with Crippen LogP contribution in [0.5, 0.6) is 0 Å². The lowest BCUT2D eigenvalue weighted by Gasteiger charge is -1.98. The van der Waals surface area contributed by atoms with Crippen LogP contribution in [0.1, 0.15) is 5.69 Å². The first kappa shape index (κ1) is 11.9. The number of carboxylic acid groups (broad SMARTS) is 1. The number of nitrogens with two attached hydrogens (primary N) is 1. The monoisotopic (exact) mass is 223 g/mol. The highest BCUT2D eigenvalue weighted by molar-refractivity contribution is 6.40. The summed E-state index contributed by atoms with van der Waals surface area (Å²) in [6.45, 7) is 1.46. The van der Waals surface area contributed by atoms with Crippen molar-refractivity contribution in [3.8, 4) is 0 Å². The highest BCUT2D eigenvalue weighted by atomic mass is 35.5. The minimum atomic E-state index is -0.250. The highest BCUT2D eigenvalue weighted by Crippen LogP contribution is 2.18. The molecule has 0 aromatic carbocycles. The third kappa shape index (κ3) is 3.91. The van der Waals surface area contributed by atoms with Crippen molar-refractivity contribution in [3.05, 3.63) is 16.0 Å². The number of aryl methyl sites for hydroxylation is 1. The van der Waals surface area contributed by atoms with E-state index in [2.05, 4.69) is 9.97 Å². The predicted octanol–water partition coefficient (Wildman–Crippen LogP) is 1.37. The van der Waals surface area contributed by atoms with Gasteiger partial charge in [-0.3, -0.25) is 4.79 Å². The molecule has 1 rings (SSSR count). The summed E-state index contributed by atoms with van der Waals surface area (Å²) in [6.07, 6.45) is 0. The number of hydrogen-bond donors (Lipinski definition) is 2. The second-order valence-electron chi connectivity index (χ2n) is 1.88. The Bertz CT molecular complexity index is 256.